The average molecular weight is 411 g/mol. The third kappa shape index (κ3) is 4.19. The van der Waals surface area contributed by atoms with E-state index in [2.05, 4.69) is 5.32 Å². The summed E-state index contributed by atoms with van der Waals surface area (Å²) in [5.74, 6) is -0.572. The van der Waals surface area contributed by atoms with E-state index in [1.54, 1.807) is 27.0 Å². The lowest BCUT2D eigenvalue weighted by atomic mass is 9.71. The van der Waals surface area contributed by atoms with Gasteiger partial charge in [0.25, 0.3) is 5.91 Å². The maximum atomic E-state index is 14.4. The fraction of sp³-hybridized carbons (Fsp3) is 0.571. The Balaban J connectivity index is 1.78. The SMILES string of the molecule is COCCc1cc(C(=O)NCC2(O)CCC(C)(F)C(C)C2)c2c(Cl)cccn12. The molecular formula is C21H28ClFN2O3. The van der Waals surface area contributed by atoms with Crippen LogP contribution in [0.5, 0.6) is 0 Å². The quantitative estimate of drug-likeness (QED) is 0.761. The third-order valence-electron chi connectivity index (χ3n) is 6.00. The second kappa shape index (κ2) is 8.01. The highest BCUT2D eigenvalue weighted by atomic mass is 35.5. The van der Waals surface area contributed by atoms with Gasteiger partial charge in [0.1, 0.15) is 5.67 Å². The normalized spacial score (nSPS) is 27.9. The number of amides is 1. The van der Waals surface area contributed by atoms with Crippen LogP contribution in [0.15, 0.2) is 24.4 Å². The molecule has 3 unspecified atom stereocenters. The van der Waals surface area contributed by atoms with Crippen molar-refractivity contribution in [3.05, 3.63) is 40.7 Å². The first-order chi connectivity index (χ1) is 13.2. The van der Waals surface area contributed by atoms with E-state index in [-0.39, 0.29) is 24.8 Å². The number of aromatic nitrogens is 1. The van der Waals surface area contributed by atoms with E-state index >= 15 is 0 Å². The summed E-state index contributed by atoms with van der Waals surface area (Å²) in [6.45, 7) is 3.99. The van der Waals surface area contributed by atoms with E-state index in [1.165, 1.54) is 0 Å². The van der Waals surface area contributed by atoms with Crippen molar-refractivity contribution >= 4 is 23.0 Å². The zero-order valence-corrected chi connectivity index (χ0v) is 17.4. The lowest BCUT2D eigenvalue weighted by Gasteiger charge is -2.42. The number of hydrogen-bond acceptors (Lipinski definition) is 3. The Morgan fingerprint density at radius 1 is 1.50 bits per heavy atom. The Kier molecular flexibility index (Phi) is 6.03. The lowest BCUT2D eigenvalue weighted by molar-refractivity contribution is -0.0680. The zero-order valence-electron chi connectivity index (χ0n) is 16.6. The van der Waals surface area contributed by atoms with Gasteiger partial charge in [-0.05, 0) is 50.3 Å². The van der Waals surface area contributed by atoms with Crippen LogP contribution in [0.3, 0.4) is 0 Å². The molecule has 0 spiro atoms. The molecule has 1 aliphatic rings. The molecule has 1 aliphatic carbocycles. The third-order valence-corrected chi connectivity index (χ3v) is 6.30. The number of nitrogens with zero attached hydrogens (tertiary/aromatic N) is 1. The van der Waals surface area contributed by atoms with Crippen molar-refractivity contribution in [2.24, 2.45) is 5.92 Å². The molecule has 0 saturated heterocycles. The topological polar surface area (TPSA) is 63.0 Å². The predicted molar refractivity (Wildman–Crippen MR) is 108 cm³/mol. The van der Waals surface area contributed by atoms with Crippen molar-refractivity contribution in [3.8, 4) is 0 Å². The molecule has 3 atom stereocenters. The molecule has 0 aliphatic heterocycles. The number of ether oxygens (including phenoxy) is 1. The number of halogens is 2. The summed E-state index contributed by atoms with van der Waals surface area (Å²) in [7, 11) is 1.63. The molecule has 7 heteroatoms. The van der Waals surface area contributed by atoms with E-state index in [0.717, 1.165) is 5.69 Å². The Hall–Kier alpha value is -1.63. The van der Waals surface area contributed by atoms with Crippen LogP contribution in [0.2, 0.25) is 5.02 Å². The largest absolute Gasteiger partial charge is 0.388 e. The maximum Gasteiger partial charge on any atom is 0.253 e. The molecule has 0 aromatic carbocycles. The monoisotopic (exact) mass is 410 g/mol. The second-order valence-electron chi connectivity index (χ2n) is 8.16. The first kappa shape index (κ1) is 21.1. The molecule has 5 nitrogen and oxygen atoms in total. The van der Waals surface area contributed by atoms with Crippen LogP contribution in [-0.4, -0.2) is 46.9 Å². The van der Waals surface area contributed by atoms with E-state index in [0.29, 0.717) is 42.0 Å². The highest BCUT2D eigenvalue weighted by molar-refractivity contribution is 6.34. The molecule has 3 rings (SSSR count). The van der Waals surface area contributed by atoms with Crippen molar-refractivity contribution in [1.29, 1.82) is 0 Å². The Morgan fingerprint density at radius 2 is 2.25 bits per heavy atom. The minimum absolute atomic E-state index is 0.0848. The van der Waals surface area contributed by atoms with Gasteiger partial charge in [0.2, 0.25) is 0 Å². The van der Waals surface area contributed by atoms with E-state index in [1.807, 2.05) is 22.7 Å². The summed E-state index contributed by atoms with van der Waals surface area (Å²) >= 11 is 6.36. The smallest absolute Gasteiger partial charge is 0.253 e. The zero-order chi connectivity index (χ0) is 20.5. The lowest BCUT2D eigenvalue weighted by Crippen LogP contribution is -2.50. The molecule has 1 saturated carbocycles. The Morgan fingerprint density at radius 3 is 2.93 bits per heavy atom. The number of hydrogen-bond donors (Lipinski definition) is 2. The number of fused-ring (bicyclic) bond motifs is 1. The Bertz CT molecular complexity index is 867. The molecule has 1 amide bonds. The highest BCUT2D eigenvalue weighted by Gasteiger charge is 2.44. The van der Waals surface area contributed by atoms with Gasteiger partial charge in [-0.3, -0.25) is 4.79 Å². The van der Waals surface area contributed by atoms with Gasteiger partial charge in [-0.15, -0.1) is 0 Å². The van der Waals surface area contributed by atoms with Gasteiger partial charge in [-0.25, -0.2) is 4.39 Å². The number of methoxy groups -OCH3 is 1. The Labute approximate surface area is 169 Å². The maximum absolute atomic E-state index is 14.4. The summed E-state index contributed by atoms with van der Waals surface area (Å²) in [6, 6.07) is 5.38. The summed E-state index contributed by atoms with van der Waals surface area (Å²) in [5.41, 5.74) is -0.368. The fourth-order valence-electron chi connectivity index (χ4n) is 3.97. The molecule has 2 heterocycles. The number of carbonyl (C=O) groups excluding carboxylic acids is 1. The molecular weight excluding hydrogens is 383 g/mol. The van der Waals surface area contributed by atoms with E-state index < -0.39 is 11.3 Å². The van der Waals surface area contributed by atoms with Crippen LogP contribution >= 0.6 is 11.6 Å². The number of carbonyl (C=O) groups is 1. The van der Waals surface area contributed by atoms with Gasteiger partial charge >= 0.3 is 0 Å². The van der Waals surface area contributed by atoms with Gasteiger partial charge < -0.3 is 19.6 Å². The second-order valence-corrected chi connectivity index (χ2v) is 8.56. The minimum atomic E-state index is -1.28. The van der Waals surface area contributed by atoms with Crippen molar-refractivity contribution < 1.29 is 19.0 Å². The van der Waals surface area contributed by atoms with Crippen molar-refractivity contribution in [2.45, 2.75) is 50.8 Å². The molecule has 1 fully saturated rings. The number of pyridine rings is 1. The molecule has 0 bridgehead atoms. The van der Waals surface area contributed by atoms with Crippen LogP contribution < -0.4 is 5.32 Å². The van der Waals surface area contributed by atoms with Crippen molar-refractivity contribution in [2.75, 3.05) is 20.3 Å². The number of aliphatic hydroxyl groups is 1. The standard InChI is InChI=1S/C21H28ClFN2O3/c1-14-12-21(27,8-7-20(14,2)23)13-24-19(26)16-11-15(6-10-28-3)25-9-4-5-17(22)18(16)25/h4-5,9,11,14,27H,6-8,10,12-13H2,1-3H3,(H,24,26). The molecule has 2 aromatic heterocycles. The van der Waals surface area contributed by atoms with Gasteiger partial charge in [-0.2, -0.15) is 0 Å². The summed E-state index contributed by atoms with van der Waals surface area (Å²) in [5, 5.41) is 14.1. The molecule has 28 heavy (non-hydrogen) atoms. The van der Waals surface area contributed by atoms with Gasteiger partial charge in [0.15, 0.2) is 0 Å². The number of nitrogens with one attached hydrogen (secondary N) is 1. The molecule has 0 radical (unpaired) electrons. The van der Waals surface area contributed by atoms with Gasteiger partial charge in [0, 0.05) is 32.0 Å². The summed E-state index contributed by atoms with van der Waals surface area (Å²) in [4.78, 5) is 12.9. The summed E-state index contributed by atoms with van der Waals surface area (Å²) in [6.07, 6.45) is 3.42. The van der Waals surface area contributed by atoms with Gasteiger partial charge in [0.05, 0.1) is 28.3 Å². The van der Waals surface area contributed by atoms with Crippen molar-refractivity contribution in [1.82, 2.24) is 9.72 Å². The fourth-order valence-corrected chi connectivity index (χ4v) is 4.23. The van der Waals surface area contributed by atoms with Crippen LogP contribution in [0.25, 0.3) is 5.52 Å². The van der Waals surface area contributed by atoms with Crippen molar-refractivity contribution in [3.63, 3.8) is 0 Å². The van der Waals surface area contributed by atoms with Gasteiger partial charge in [-0.1, -0.05) is 18.5 Å². The first-order valence-corrected chi connectivity index (χ1v) is 10.0. The number of alkyl halides is 1. The highest BCUT2D eigenvalue weighted by Crippen LogP contribution is 2.41. The number of rotatable bonds is 6. The molecule has 154 valence electrons. The van der Waals surface area contributed by atoms with Crippen LogP contribution in [0.4, 0.5) is 4.39 Å². The molecule has 2 aromatic rings. The van der Waals surface area contributed by atoms with Crippen LogP contribution in [-0.2, 0) is 11.2 Å². The summed E-state index contributed by atoms with van der Waals surface area (Å²) < 4.78 is 21.4. The van der Waals surface area contributed by atoms with Crippen LogP contribution in [0.1, 0.15) is 49.2 Å². The van der Waals surface area contributed by atoms with E-state index in [4.69, 9.17) is 16.3 Å². The predicted octanol–water partition coefficient (Wildman–Crippen LogP) is 3.79. The minimum Gasteiger partial charge on any atom is -0.388 e. The van der Waals surface area contributed by atoms with Crippen LogP contribution in [0, 0.1) is 5.92 Å². The average Bonchev–Trinajstić information content (AvgIpc) is 3.02. The molecule has 2 N–H and O–H groups in total. The van der Waals surface area contributed by atoms with E-state index in [9.17, 15) is 14.3 Å². The first-order valence-electron chi connectivity index (χ1n) is 9.64.